The first-order valence-corrected chi connectivity index (χ1v) is 4.72. The topological polar surface area (TPSA) is 56.7 Å². The van der Waals surface area contributed by atoms with Gasteiger partial charge >= 0.3 is 0 Å². The van der Waals surface area contributed by atoms with Crippen LogP contribution in [0.2, 0.25) is 0 Å². The van der Waals surface area contributed by atoms with Crippen LogP contribution in [0.15, 0.2) is 6.33 Å². The molecule has 1 aliphatic rings. The molecule has 0 bridgehead atoms. The van der Waals surface area contributed by atoms with Crippen molar-refractivity contribution in [3.63, 3.8) is 0 Å². The van der Waals surface area contributed by atoms with Gasteiger partial charge in [0.15, 0.2) is 0 Å². The van der Waals surface area contributed by atoms with Gasteiger partial charge in [-0.3, -0.25) is 4.68 Å². The van der Waals surface area contributed by atoms with Gasteiger partial charge in [-0.05, 0) is 12.3 Å². The van der Waals surface area contributed by atoms with Crippen molar-refractivity contribution in [2.24, 2.45) is 11.1 Å². The highest BCUT2D eigenvalue weighted by Crippen LogP contribution is 2.56. The summed E-state index contributed by atoms with van der Waals surface area (Å²) in [6, 6.07) is 0.238. The van der Waals surface area contributed by atoms with Crippen LogP contribution in [-0.4, -0.2) is 20.8 Å². The van der Waals surface area contributed by atoms with E-state index in [0.29, 0.717) is 5.92 Å². The van der Waals surface area contributed by atoms with Gasteiger partial charge in [0.2, 0.25) is 0 Å². The third-order valence-electron chi connectivity index (χ3n) is 3.13. The van der Waals surface area contributed by atoms with Crippen LogP contribution in [0.4, 0.5) is 0 Å². The molecule has 2 N–H and O–H groups in total. The molecule has 0 aromatic carbocycles. The number of rotatable bonds is 2. The molecule has 1 heterocycles. The van der Waals surface area contributed by atoms with E-state index >= 15 is 0 Å². The van der Waals surface area contributed by atoms with E-state index in [9.17, 15) is 0 Å². The van der Waals surface area contributed by atoms with Crippen LogP contribution in [0.1, 0.15) is 32.5 Å². The molecule has 0 aliphatic heterocycles. The lowest BCUT2D eigenvalue weighted by molar-refractivity contribution is 0.556. The minimum atomic E-state index is 0.194. The Morgan fingerprint density at radius 1 is 1.62 bits per heavy atom. The fourth-order valence-electron chi connectivity index (χ4n) is 1.93. The lowest BCUT2D eigenvalue weighted by atomic mass is 10.1. The highest BCUT2D eigenvalue weighted by Gasteiger charge is 2.58. The maximum absolute atomic E-state index is 5.98. The Kier molecular flexibility index (Phi) is 1.70. The molecule has 1 fully saturated rings. The minimum absolute atomic E-state index is 0.194. The quantitative estimate of drug-likeness (QED) is 0.730. The first-order valence-electron chi connectivity index (χ1n) is 4.72. The van der Waals surface area contributed by atoms with Crippen molar-refractivity contribution < 1.29 is 0 Å². The van der Waals surface area contributed by atoms with E-state index in [4.69, 9.17) is 5.73 Å². The van der Waals surface area contributed by atoms with E-state index < -0.39 is 0 Å². The summed E-state index contributed by atoms with van der Waals surface area (Å²) < 4.78 is 1.93. The van der Waals surface area contributed by atoms with Crippen LogP contribution in [0.5, 0.6) is 0 Å². The summed E-state index contributed by atoms with van der Waals surface area (Å²) in [6.07, 6.45) is 1.61. The molecule has 1 aliphatic carbocycles. The summed E-state index contributed by atoms with van der Waals surface area (Å²) >= 11 is 0. The average molecular weight is 180 g/mol. The van der Waals surface area contributed by atoms with Gasteiger partial charge in [0, 0.05) is 18.5 Å². The molecule has 0 radical (unpaired) electrons. The van der Waals surface area contributed by atoms with Gasteiger partial charge in [-0.25, -0.2) is 4.98 Å². The van der Waals surface area contributed by atoms with Gasteiger partial charge in [0.1, 0.15) is 12.2 Å². The van der Waals surface area contributed by atoms with Gasteiger partial charge in [-0.2, -0.15) is 5.10 Å². The van der Waals surface area contributed by atoms with Crippen molar-refractivity contribution in [3.05, 3.63) is 12.2 Å². The fourth-order valence-corrected chi connectivity index (χ4v) is 1.93. The van der Waals surface area contributed by atoms with Gasteiger partial charge in [0.05, 0.1) is 0 Å². The molecule has 2 rings (SSSR count). The van der Waals surface area contributed by atoms with Crippen molar-refractivity contribution in [1.29, 1.82) is 0 Å². The predicted molar refractivity (Wildman–Crippen MR) is 50.2 cm³/mol. The van der Waals surface area contributed by atoms with Crippen LogP contribution in [0.3, 0.4) is 0 Å². The van der Waals surface area contributed by atoms with E-state index in [2.05, 4.69) is 30.9 Å². The Hall–Kier alpha value is -0.900. The number of hydrogen-bond donors (Lipinski definition) is 1. The molecule has 1 aromatic rings. The maximum atomic E-state index is 5.98. The van der Waals surface area contributed by atoms with E-state index in [1.165, 1.54) is 0 Å². The highest BCUT2D eigenvalue weighted by molar-refractivity contribution is 5.24. The number of aryl methyl sites for hydroxylation is 1. The summed E-state index contributed by atoms with van der Waals surface area (Å²) in [6.45, 7) is 7.29. The number of nitrogens with two attached hydrogens (primary N) is 1. The van der Waals surface area contributed by atoms with Crippen LogP contribution in [0, 0.1) is 5.41 Å². The summed E-state index contributed by atoms with van der Waals surface area (Å²) in [5, 5.41) is 4.15. The largest absolute Gasteiger partial charge is 0.327 e. The Balaban J connectivity index is 2.28. The number of hydrogen-bond acceptors (Lipinski definition) is 3. The Bertz CT molecular complexity index is 315. The Morgan fingerprint density at radius 3 is 2.69 bits per heavy atom. The maximum Gasteiger partial charge on any atom is 0.138 e. The Morgan fingerprint density at radius 2 is 2.23 bits per heavy atom. The molecule has 0 saturated heterocycles. The molecule has 0 spiro atoms. The second-order valence-electron chi connectivity index (χ2n) is 4.26. The lowest BCUT2D eigenvalue weighted by Crippen LogP contribution is -2.08. The second-order valence-corrected chi connectivity index (χ2v) is 4.26. The van der Waals surface area contributed by atoms with Crippen molar-refractivity contribution in [3.8, 4) is 0 Å². The zero-order valence-corrected chi connectivity index (χ0v) is 8.36. The summed E-state index contributed by atoms with van der Waals surface area (Å²) in [4.78, 5) is 4.27. The monoisotopic (exact) mass is 180 g/mol. The normalized spacial score (nSPS) is 30.5. The van der Waals surface area contributed by atoms with Crippen molar-refractivity contribution >= 4 is 0 Å². The summed E-state index contributed by atoms with van der Waals surface area (Å²) in [7, 11) is 0. The van der Waals surface area contributed by atoms with Crippen molar-refractivity contribution in [2.45, 2.75) is 39.3 Å². The average Bonchev–Trinajstić information content (AvgIpc) is 2.54. The highest BCUT2D eigenvalue weighted by atomic mass is 15.3. The zero-order chi connectivity index (χ0) is 9.64. The SMILES string of the molecule is CCn1ncnc1C1C(N)C1(C)C. The van der Waals surface area contributed by atoms with E-state index in [-0.39, 0.29) is 11.5 Å². The summed E-state index contributed by atoms with van der Waals surface area (Å²) in [5.41, 5.74) is 6.17. The van der Waals surface area contributed by atoms with Crippen LogP contribution < -0.4 is 5.73 Å². The van der Waals surface area contributed by atoms with Crippen LogP contribution >= 0.6 is 0 Å². The van der Waals surface area contributed by atoms with E-state index in [1.807, 2.05) is 4.68 Å². The third-order valence-corrected chi connectivity index (χ3v) is 3.13. The first kappa shape index (κ1) is 8.69. The molecule has 4 nitrogen and oxygen atoms in total. The second kappa shape index (κ2) is 2.54. The molecule has 1 saturated carbocycles. The van der Waals surface area contributed by atoms with Crippen molar-refractivity contribution in [2.75, 3.05) is 0 Å². The molecule has 0 amide bonds. The van der Waals surface area contributed by atoms with Gasteiger partial charge in [-0.1, -0.05) is 13.8 Å². The van der Waals surface area contributed by atoms with Gasteiger partial charge < -0.3 is 5.73 Å². The number of nitrogens with zero attached hydrogens (tertiary/aromatic N) is 3. The third kappa shape index (κ3) is 1.09. The molecular weight excluding hydrogens is 164 g/mol. The van der Waals surface area contributed by atoms with Crippen molar-refractivity contribution in [1.82, 2.24) is 14.8 Å². The molecule has 1 aromatic heterocycles. The molecule has 72 valence electrons. The van der Waals surface area contributed by atoms with Crippen LogP contribution in [0.25, 0.3) is 0 Å². The minimum Gasteiger partial charge on any atom is -0.327 e. The molecule has 4 heteroatoms. The van der Waals surface area contributed by atoms with Gasteiger partial charge in [-0.15, -0.1) is 0 Å². The van der Waals surface area contributed by atoms with E-state index in [0.717, 1.165) is 12.4 Å². The van der Waals surface area contributed by atoms with E-state index in [1.54, 1.807) is 6.33 Å². The zero-order valence-electron chi connectivity index (χ0n) is 8.36. The first-order chi connectivity index (χ1) is 6.09. The molecular formula is C9H16N4. The molecule has 2 unspecified atom stereocenters. The standard InChI is InChI=1S/C9H16N4/c1-4-13-8(11-5-12-13)6-7(10)9(6,2)3/h5-7H,4,10H2,1-3H3. The van der Waals surface area contributed by atoms with Gasteiger partial charge in [0.25, 0.3) is 0 Å². The fraction of sp³-hybridized carbons (Fsp3) is 0.778. The number of aromatic nitrogens is 3. The predicted octanol–water partition coefficient (Wildman–Crippen LogP) is 0.749. The smallest absolute Gasteiger partial charge is 0.138 e. The lowest BCUT2D eigenvalue weighted by Gasteiger charge is -2.03. The summed E-state index contributed by atoms with van der Waals surface area (Å²) in [5.74, 6) is 1.43. The molecule has 2 atom stereocenters. The molecule has 13 heavy (non-hydrogen) atoms. The Labute approximate surface area is 78.1 Å². The van der Waals surface area contributed by atoms with Crippen LogP contribution in [-0.2, 0) is 6.54 Å².